The van der Waals surface area contributed by atoms with Gasteiger partial charge in [-0.2, -0.15) is 4.98 Å². The predicted octanol–water partition coefficient (Wildman–Crippen LogP) is 3.11. The summed E-state index contributed by atoms with van der Waals surface area (Å²) in [6, 6.07) is 9.18. The van der Waals surface area contributed by atoms with Gasteiger partial charge >= 0.3 is 0 Å². The number of nitrogens with one attached hydrogen (secondary N) is 1. The van der Waals surface area contributed by atoms with Crippen LogP contribution in [0.15, 0.2) is 49.1 Å². The van der Waals surface area contributed by atoms with Crippen molar-refractivity contribution in [1.82, 2.24) is 19.9 Å². The van der Waals surface area contributed by atoms with Crippen molar-refractivity contribution < 1.29 is 5.11 Å². The number of benzene rings is 1. The van der Waals surface area contributed by atoms with Crippen molar-refractivity contribution in [2.24, 2.45) is 0 Å². The Hall–Kier alpha value is -2.77. The highest BCUT2D eigenvalue weighted by Gasteiger charge is 2.09. The third-order valence-electron chi connectivity index (χ3n) is 3.55. The van der Waals surface area contributed by atoms with E-state index in [1.807, 2.05) is 25.1 Å². The molecule has 0 amide bonds. The normalized spacial score (nSPS) is 10.5. The lowest BCUT2D eigenvalue weighted by atomic mass is 10.2. The van der Waals surface area contributed by atoms with E-state index in [1.165, 1.54) is 6.33 Å². The van der Waals surface area contributed by atoms with E-state index in [-0.39, 0.29) is 6.73 Å². The predicted molar refractivity (Wildman–Crippen MR) is 97.9 cm³/mol. The van der Waals surface area contributed by atoms with Gasteiger partial charge in [0.05, 0.1) is 11.9 Å². The molecular weight excluding hydrogens is 340 g/mol. The van der Waals surface area contributed by atoms with Gasteiger partial charge < -0.3 is 15.3 Å². The standard InChI is InChI=1S/C17H17ClN6O/c1-2-24(11-25)15-6-12(8-19-9-15)16-20-10-21-17(23-16)22-14-5-3-4-13(18)7-14/h3-10,25H,2,11H2,1H3,(H,20,21,22,23). The third-order valence-corrected chi connectivity index (χ3v) is 3.79. The molecule has 0 bridgehead atoms. The number of hydrogen-bond donors (Lipinski definition) is 2. The molecule has 128 valence electrons. The zero-order chi connectivity index (χ0) is 17.6. The van der Waals surface area contributed by atoms with E-state index in [2.05, 4.69) is 25.3 Å². The fourth-order valence-corrected chi connectivity index (χ4v) is 2.47. The number of halogens is 1. The maximum Gasteiger partial charge on any atom is 0.230 e. The molecule has 8 heteroatoms. The second-order valence-corrected chi connectivity index (χ2v) is 5.63. The topological polar surface area (TPSA) is 87.1 Å². The highest BCUT2D eigenvalue weighted by molar-refractivity contribution is 6.30. The zero-order valence-electron chi connectivity index (χ0n) is 13.6. The van der Waals surface area contributed by atoms with Crippen molar-refractivity contribution in [2.45, 2.75) is 6.92 Å². The molecule has 0 radical (unpaired) electrons. The Morgan fingerprint density at radius 3 is 2.84 bits per heavy atom. The Kier molecular flexibility index (Phi) is 5.37. The van der Waals surface area contributed by atoms with Crippen LogP contribution in [0, 0.1) is 0 Å². The van der Waals surface area contributed by atoms with E-state index in [1.54, 1.807) is 29.4 Å². The van der Waals surface area contributed by atoms with Gasteiger partial charge in [0.2, 0.25) is 5.95 Å². The molecule has 3 aromatic rings. The molecule has 2 N–H and O–H groups in total. The van der Waals surface area contributed by atoms with Crippen molar-refractivity contribution in [3.05, 3.63) is 54.1 Å². The molecule has 0 unspecified atom stereocenters. The fraction of sp³-hybridized carbons (Fsp3) is 0.176. The Bertz CT molecular complexity index is 856. The smallest absolute Gasteiger partial charge is 0.230 e. The van der Waals surface area contributed by atoms with E-state index in [0.717, 1.165) is 16.9 Å². The summed E-state index contributed by atoms with van der Waals surface area (Å²) < 4.78 is 0. The largest absolute Gasteiger partial charge is 0.376 e. The molecule has 7 nitrogen and oxygen atoms in total. The Labute approximate surface area is 150 Å². The summed E-state index contributed by atoms with van der Waals surface area (Å²) in [7, 11) is 0. The SMILES string of the molecule is CCN(CO)c1cncc(-c2ncnc(Nc3cccc(Cl)c3)n2)c1. The molecule has 0 aliphatic carbocycles. The first-order chi connectivity index (χ1) is 12.2. The summed E-state index contributed by atoms with van der Waals surface area (Å²) in [5.74, 6) is 0.898. The van der Waals surface area contributed by atoms with E-state index < -0.39 is 0 Å². The number of aliphatic hydroxyl groups is 1. The number of anilines is 3. The van der Waals surface area contributed by atoms with Gasteiger partial charge in [0.25, 0.3) is 0 Å². The van der Waals surface area contributed by atoms with E-state index in [0.29, 0.717) is 23.3 Å². The molecule has 0 spiro atoms. The molecule has 0 saturated heterocycles. The summed E-state index contributed by atoms with van der Waals surface area (Å²) in [5, 5.41) is 13.1. The molecule has 0 saturated carbocycles. The number of aliphatic hydroxyl groups excluding tert-OH is 1. The first kappa shape index (κ1) is 17.1. The minimum atomic E-state index is -0.0829. The molecular formula is C17H17ClN6O. The van der Waals surface area contributed by atoms with Crippen LogP contribution in [0.3, 0.4) is 0 Å². The minimum absolute atomic E-state index is 0.0829. The van der Waals surface area contributed by atoms with Gasteiger partial charge in [-0.25, -0.2) is 9.97 Å². The number of hydrogen-bond acceptors (Lipinski definition) is 7. The van der Waals surface area contributed by atoms with Gasteiger partial charge in [-0.1, -0.05) is 17.7 Å². The van der Waals surface area contributed by atoms with Crippen LogP contribution in [-0.2, 0) is 0 Å². The lowest BCUT2D eigenvalue weighted by molar-refractivity contribution is 0.293. The highest BCUT2D eigenvalue weighted by Crippen LogP contribution is 2.22. The van der Waals surface area contributed by atoms with Crippen molar-refractivity contribution in [3.8, 4) is 11.4 Å². The van der Waals surface area contributed by atoms with Crippen molar-refractivity contribution in [2.75, 3.05) is 23.5 Å². The summed E-state index contributed by atoms with van der Waals surface area (Å²) >= 11 is 5.99. The van der Waals surface area contributed by atoms with Crippen molar-refractivity contribution in [1.29, 1.82) is 0 Å². The second kappa shape index (κ2) is 7.87. The molecule has 1 aromatic carbocycles. The average molecular weight is 357 g/mol. The highest BCUT2D eigenvalue weighted by atomic mass is 35.5. The Morgan fingerprint density at radius 2 is 2.08 bits per heavy atom. The quantitative estimate of drug-likeness (QED) is 0.656. The molecule has 3 rings (SSSR count). The zero-order valence-corrected chi connectivity index (χ0v) is 14.4. The van der Waals surface area contributed by atoms with Gasteiger partial charge in [-0.3, -0.25) is 4.98 Å². The summed E-state index contributed by atoms with van der Waals surface area (Å²) in [6.45, 7) is 2.54. The van der Waals surface area contributed by atoms with Crippen LogP contribution in [-0.4, -0.2) is 38.3 Å². The van der Waals surface area contributed by atoms with Gasteiger partial charge in [-0.15, -0.1) is 0 Å². The summed E-state index contributed by atoms with van der Waals surface area (Å²) in [6.07, 6.45) is 4.80. The number of rotatable bonds is 6. The molecule has 0 fully saturated rings. The van der Waals surface area contributed by atoms with E-state index in [4.69, 9.17) is 11.6 Å². The van der Waals surface area contributed by atoms with Crippen LogP contribution >= 0.6 is 11.6 Å². The van der Waals surface area contributed by atoms with Crippen LogP contribution in [0.1, 0.15) is 6.92 Å². The second-order valence-electron chi connectivity index (χ2n) is 5.20. The minimum Gasteiger partial charge on any atom is -0.376 e. The summed E-state index contributed by atoms with van der Waals surface area (Å²) in [4.78, 5) is 18.8. The number of pyridine rings is 1. The van der Waals surface area contributed by atoms with Crippen LogP contribution in [0.4, 0.5) is 17.3 Å². The fourth-order valence-electron chi connectivity index (χ4n) is 2.28. The lowest BCUT2D eigenvalue weighted by Gasteiger charge is -2.19. The van der Waals surface area contributed by atoms with Crippen LogP contribution < -0.4 is 10.2 Å². The van der Waals surface area contributed by atoms with Crippen LogP contribution in [0.5, 0.6) is 0 Å². The van der Waals surface area contributed by atoms with E-state index >= 15 is 0 Å². The Balaban J connectivity index is 1.87. The molecule has 0 aliphatic rings. The average Bonchev–Trinajstić information content (AvgIpc) is 2.63. The monoisotopic (exact) mass is 356 g/mol. The Morgan fingerprint density at radius 1 is 1.20 bits per heavy atom. The maximum absolute atomic E-state index is 9.41. The van der Waals surface area contributed by atoms with Crippen molar-refractivity contribution in [3.63, 3.8) is 0 Å². The van der Waals surface area contributed by atoms with Gasteiger partial charge in [0.15, 0.2) is 5.82 Å². The number of aromatic nitrogens is 4. The molecule has 25 heavy (non-hydrogen) atoms. The third kappa shape index (κ3) is 4.20. The maximum atomic E-state index is 9.41. The van der Waals surface area contributed by atoms with Gasteiger partial charge in [0.1, 0.15) is 13.1 Å². The molecule has 2 heterocycles. The van der Waals surface area contributed by atoms with Crippen LogP contribution in [0.2, 0.25) is 5.02 Å². The van der Waals surface area contributed by atoms with E-state index in [9.17, 15) is 5.11 Å². The van der Waals surface area contributed by atoms with Gasteiger partial charge in [-0.05, 0) is 31.2 Å². The first-order valence-corrected chi connectivity index (χ1v) is 8.10. The van der Waals surface area contributed by atoms with Crippen molar-refractivity contribution >= 4 is 28.9 Å². The van der Waals surface area contributed by atoms with Crippen LogP contribution in [0.25, 0.3) is 11.4 Å². The molecule has 0 aliphatic heterocycles. The molecule has 0 atom stereocenters. The summed E-state index contributed by atoms with van der Waals surface area (Å²) in [5.41, 5.74) is 2.32. The lowest BCUT2D eigenvalue weighted by Crippen LogP contribution is -2.23. The number of nitrogens with zero attached hydrogens (tertiary/aromatic N) is 5. The van der Waals surface area contributed by atoms with Gasteiger partial charge in [0, 0.05) is 29.0 Å². The molecule has 2 aromatic heterocycles. The first-order valence-electron chi connectivity index (χ1n) is 7.72.